The Bertz CT molecular complexity index is 552. The van der Waals surface area contributed by atoms with E-state index in [-0.39, 0.29) is 0 Å². The van der Waals surface area contributed by atoms with Crippen LogP contribution in [0, 0.1) is 6.92 Å². The molecule has 4 heteroatoms. The summed E-state index contributed by atoms with van der Waals surface area (Å²) in [6, 6.07) is 10.3. The van der Waals surface area contributed by atoms with Gasteiger partial charge in [-0.3, -0.25) is 0 Å². The molecule has 2 aromatic rings. The van der Waals surface area contributed by atoms with Crippen LogP contribution in [0.25, 0.3) is 0 Å². The molecule has 0 unspecified atom stereocenters. The smallest absolute Gasteiger partial charge is 0.224 e. The first-order chi connectivity index (χ1) is 9.21. The van der Waals surface area contributed by atoms with Gasteiger partial charge in [-0.25, -0.2) is 4.98 Å². The predicted molar refractivity (Wildman–Crippen MR) is 80.0 cm³/mol. The Hall–Kier alpha value is -2.10. The summed E-state index contributed by atoms with van der Waals surface area (Å²) in [4.78, 5) is 8.78. The van der Waals surface area contributed by atoms with Gasteiger partial charge >= 0.3 is 0 Å². The van der Waals surface area contributed by atoms with Crippen molar-refractivity contribution in [2.45, 2.75) is 27.2 Å². The zero-order valence-corrected chi connectivity index (χ0v) is 11.7. The molecule has 0 spiro atoms. The fourth-order valence-electron chi connectivity index (χ4n) is 1.89. The lowest BCUT2D eigenvalue weighted by molar-refractivity contribution is 1.05. The van der Waals surface area contributed by atoms with Crippen LogP contribution in [-0.4, -0.2) is 16.5 Å². The van der Waals surface area contributed by atoms with Crippen molar-refractivity contribution in [3.8, 4) is 0 Å². The third-order valence-corrected chi connectivity index (χ3v) is 2.80. The van der Waals surface area contributed by atoms with Crippen molar-refractivity contribution in [2.75, 3.05) is 17.2 Å². The Morgan fingerprint density at radius 1 is 1.11 bits per heavy atom. The van der Waals surface area contributed by atoms with Gasteiger partial charge in [0.05, 0.1) is 0 Å². The molecule has 1 heterocycles. The maximum Gasteiger partial charge on any atom is 0.224 e. The average molecular weight is 256 g/mol. The van der Waals surface area contributed by atoms with Gasteiger partial charge in [0, 0.05) is 24.0 Å². The maximum absolute atomic E-state index is 4.44. The van der Waals surface area contributed by atoms with E-state index in [2.05, 4.69) is 45.7 Å². The number of nitrogens with zero attached hydrogens (tertiary/aromatic N) is 2. The SMILES string of the molecule is CCNc1nc(C)cc(Nc2cccc(CC)c2)n1. The Morgan fingerprint density at radius 2 is 1.95 bits per heavy atom. The highest BCUT2D eigenvalue weighted by Crippen LogP contribution is 2.18. The van der Waals surface area contributed by atoms with Gasteiger partial charge in [0.15, 0.2) is 0 Å². The molecule has 0 radical (unpaired) electrons. The maximum atomic E-state index is 4.44. The molecule has 1 aromatic heterocycles. The highest BCUT2D eigenvalue weighted by molar-refractivity contribution is 5.58. The van der Waals surface area contributed by atoms with Crippen LogP contribution >= 0.6 is 0 Å². The molecule has 1 aromatic carbocycles. The van der Waals surface area contributed by atoms with Gasteiger partial charge in [-0.15, -0.1) is 0 Å². The summed E-state index contributed by atoms with van der Waals surface area (Å²) in [5.74, 6) is 1.48. The highest BCUT2D eigenvalue weighted by Gasteiger charge is 2.02. The molecule has 0 atom stereocenters. The Balaban J connectivity index is 2.22. The normalized spacial score (nSPS) is 10.3. The molecule has 0 aliphatic heterocycles. The van der Waals surface area contributed by atoms with Crippen molar-refractivity contribution in [3.63, 3.8) is 0 Å². The van der Waals surface area contributed by atoms with Crippen molar-refractivity contribution in [2.24, 2.45) is 0 Å². The number of anilines is 3. The van der Waals surface area contributed by atoms with E-state index in [1.807, 2.05) is 26.0 Å². The molecular formula is C15H20N4. The molecule has 19 heavy (non-hydrogen) atoms. The van der Waals surface area contributed by atoms with Crippen molar-refractivity contribution in [3.05, 3.63) is 41.6 Å². The molecule has 0 saturated heterocycles. The summed E-state index contributed by atoms with van der Waals surface area (Å²) in [6.45, 7) is 6.96. The van der Waals surface area contributed by atoms with Gasteiger partial charge in [0.25, 0.3) is 0 Å². The minimum atomic E-state index is 0.664. The molecule has 100 valence electrons. The van der Waals surface area contributed by atoms with Crippen LogP contribution < -0.4 is 10.6 Å². The standard InChI is InChI=1S/C15H20N4/c1-4-12-7-6-8-13(10-12)18-14-9-11(3)17-15(19-14)16-5-2/h6-10H,4-5H2,1-3H3,(H2,16,17,18,19). The van der Waals surface area contributed by atoms with Crippen LogP contribution in [0.15, 0.2) is 30.3 Å². The fourth-order valence-corrected chi connectivity index (χ4v) is 1.89. The van der Waals surface area contributed by atoms with E-state index in [0.717, 1.165) is 30.2 Å². The first kappa shape index (κ1) is 13.3. The first-order valence-electron chi connectivity index (χ1n) is 6.66. The van der Waals surface area contributed by atoms with Crippen LogP contribution in [0.1, 0.15) is 25.1 Å². The van der Waals surface area contributed by atoms with Crippen molar-refractivity contribution in [1.82, 2.24) is 9.97 Å². The summed E-state index contributed by atoms with van der Waals surface area (Å²) >= 11 is 0. The highest BCUT2D eigenvalue weighted by atomic mass is 15.1. The van der Waals surface area contributed by atoms with Crippen molar-refractivity contribution < 1.29 is 0 Å². The zero-order chi connectivity index (χ0) is 13.7. The molecule has 0 fully saturated rings. The number of hydrogen-bond acceptors (Lipinski definition) is 4. The lowest BCUT2D eigenvalue weighted by atomic mass is 10.1. The van der Waals surface area contributed by atoms with E-state index in [1.165, 1.54) is 5.56 Å². The van der Waals surface area contributed by atoms with Gasteiger partial charge < -0.3 is 10.6 Å². The van der Waals surface area contributed by atoms with E-state index >= 15 is 0 Å². The second kappa shape index (κ2) is 6.18. The van der Waals surface area contributed by atoms with E-state index < -0.39 is 0 Å². The molecule has 0 bridgehead atoms. The summed E-state index contributed by atoms with van der Waals surface area (Å²) in [5.41, 5.74) is 3.31. The van der Waals surface area contributed by atoms with E-state index in [9.17, 15) is 0 Å². The number of rotatable bonds is 5. The van der Waals surface area contributed by atoms with Crippen molar-refractivity contribution in [1.29, 1.82) is 0 Å². The molecule has 0 saturated carbocycles. The van der Waals surface area contributed by atoms with Crippen molar-refractivity contribution >= 4 is 17.5 Å². The minimum Gasteiger partial charge on any atom is -0.354 e. The molecule has 0 amide bonds. The fraction of sp³-hybridized carbons (Fsp3) is 0.333. The van der Waals surface area contributed by atoms with Gasteiger partial charge in [-0.05, 0) is 38.0 Å². The Morgan fingerprint density at radius 3 is 2.68 bits per heavy atom. The molecule has 0 aliphatic rings. The number of hydrogen-bond donors (Lipinski definition) is 2. The van der Waals surface area contributed by atoms with Gasteiger partial charge in [0.1, 0.15) is 5.82 Å². The number of nitrogens with one attached hydrogen (secondary N) is 2. The molecule has 2 N–H and O–H groups in total. The zero-order valence-electron chi connectivity index (χ0n) is 11.7. The summed E-state index contributed by atoms with van der Waals surface area (Å²) < 4.78 is 0. The Kier molecular flexibility index (Phi) is 4.34. The summed E-state index contributed by atoms with van der Waals surface area (Å²) in [7, 11) is 0. The molecule has 2 rings (SSSR count). The molecule has 0 aliphatic carbocycles. The Labute approximate surface area is 114 Å². The number of benzene rings is 1. The van der Waals surface area contributed by atoms with E-state index in [0.29, 0.717) is 5.95 Å². The third-order valence-electron chi connectivity index (χ3n) is 2.80. The van der Waals surface area contributed by atoms with Crippen LogP contribution in [0.5, 0.6) is 0 Å². The van der Waals surface area contributed by atoms with Crippen LogP contribution in [-0.2, 0) is 6.42 Å². The minimum absolute atomic E-state index is 0.664. The second-order valence-corrected chi connectivity index (χ2v) is 4.43. The lowest BCUT2D eigenvalue weighted by Gasteiger charge is -2.09. The molecular weight excluding hydrogens is 236 g/mol. The van der Waals surface area contributed by atoms with Crippen LogP contribution in [0.3, 0.4) is 0 Å². The number of aromatic nitrogens is 2. The second-order valence-electron chi connectivity index (χ2n) is 4.43. The summed E-state index contributed by atoms with van der Waals surface area (Å²) in [5, 5.41) is 6.46. The van der Waals surface area contributed by atoms with Gasteiger partial charge in [-0.1, -0.05) is 19.1 Å². The first-order valence-corrected chi connectivity index (χ1v) is 6.66. The van der Waals surface area contributed by atoms with Crippen LogP contribution in [0.2, 0.25) is 0 Å². The summed E-state index contributed by atoms with van der Waals surface area (Å²) in [6.07, 6.45) is 1.03. The topological polar surface area (TPSA) is 49.8 Å². The van der Waals surface area contributed by atoms with E-state index in [1.54, 1.807) is 0 Å². The lowest BCUT2D eigenvalue weighted by Crippen LogP contribution is -2.05. The predicted octanol–water partition coefficient (Wildman–Crippen LogP) is 3.52. The van der Waals surface area contributed by atoms with Gasteiger partial charge in [-0.2, -0.15) is 4.98 Å². The quantitative estimate of drug-likeness (QED) is 0.859. The van der Waals surface area contributed by atoms with Crippen LogP contribution in [0.4, 0.5) is 17.5 Å². The molecule has 4 nitrogen and oxygen atoms in total. The monoisotopic (exact) mass is 256 g/mol. The third kappa shape index (κ3) is 3.68. The largest absolute Gasteiger partial charge is 0.354 e. The number of aryl methyl sites for hydroxylation is 2. The average Bonchev–Trinajstić information content (AvgIpc) is 2.38. The van der Waals surface area contributed by atoms with E-state index in [4.69, 9.17) is 0 Å². The van der Waals surface area contributed by atoms with Gasteiger partial charge in [0.2, 0.25) is 5.95 Å².